The minimum atomic E-state index is -0.463. The molecular weight excluding hydrogens is 231 g/mol. The van der Waals surface area contributed by atoms with E-state index >= 15 is 0 Å². The molecule has 1 saturated heterocycles. The number of hydrogen-bond acceptors (Lipinski definition) is 2. The summed E-state index contributed by atoms with van der Waals surface area (Å²) in [7, 11) is 0. The van der Waals surface area contributed by atoms with Gasteiger partial charge in [0.2, 0.25) is 0 Å². The molecule has 0 spiro atoms. The number of halogens is 1. The first-order valence-electron chi connectivity index (χ1n) is 6.44. The number of carbonyl (C=O) groups excluding carboxylic acids is 1. The van der Waals surface area contributed by atoms with Crippen LogP contribution in [0.4, 0.5) is 4.39 Å². The van der Waals surface area contributed by atoms with Crippen molar-refractivity contribution in [2.24, 2.45) is 0 Å². The van der Waals surface area contributed by atoms with Gasteiger partial charge in [0.05, 0.1) is 5.56 Å². The van der Waals surface area contributed by atoms with Gasteiger partial charge in [-0.3, -0.25) is 4.79 Å². The third kappa shape index (κ3) is 3.29. The van der Waals surface area contributed by atoms with Gasteiger partial charge in [0.1, 0.15) is 5.82 Å². The Kier molecular flexibility index (Phi) is 4.31. The summed E-state index contributed by atoms with van der Waals surface area (Å²) in [5.74, 6) is -0.793. The zero-order valence-electron chi connectivity index (χ0n) is 10.6. The molecule has 2 rings (SSSR count). The molecule has 1 aromatic carbocycles. The van der Waals surface area contributed by atoms with E-state index in [2.05, 4.69) is 10.6 Å². The quantitative estimate of drug-likeness (QED) is 0.861. The number of hydrogen-bond donors (Lipinski definition) is 2. The molecule has 3 nitrogen and oxygen atoms in total. The van der Waals surface area contributed by atoms with E-state index in [1.165, 1.54) is 18.9 Å². The average molecular weight is 250 g/mol. The Bertz CT molecular complexity index is 428. The predicted octanol–water partition coefficient (Wildman–Crippen LogP) is 2.01. The number of piperidine rings is 1. The topological polar surface area (TPSA) is 41.1 Å². The van der Waals surface area contributed by atoms with Crippen molar-refractivity contribution in [1.29, 1.82) is 0 Å². The maximum absolute atomic E-state index is 13.5. The second-order valence-corrected chi connectivity index (χ2v) is 4.84. The van der Waals surface area contributed by atoms with Crippen LogP contribution in [-0.4, -0.2) is 25.0 Å². The molecule has 1 aromatic rings. The highest BCUT2D eigenvalue weighted by molar-refractivity contribution is 5.94. The number of nitrogens with one attached hydrogen (secondary N) is 2. The number of aryl methyl sites for hydroxylation is 1. The van der Waals surface area contributed by atoms with Crippen LogP contribution in [0.25, 0.3) is 0 Å². The van der Waals surface area contributed by atoms with Gasteiger partial charge in [-0.1, -0.05) is 18.1 Å². The monoisotopic (exact) mass is 250 g/mol. The molecule has 4 heteroatoms. The molecule has 2 N–H and O–H groups in total. The van der Waals surface area contributed by atoms with E-state index in [1.807, 2.05) is 6.92 Å². The number of amides is 1. The van der Waals surface area contributed by atoms with Gasteiger partial charge in [-0.25, -0.2) is 4.39 Å². The summed E-state index contributed by atoms with van der Waals surface area (Å²) in [6.07, 6.45) is 3.44. The smallest absolute Gasteiger partial charge is 0.254 e. The van der Waals surface area contributed by atoms with Crippen LogP contribution in [-0.2, 0) is 0 Å². The van der Waals surface area contributed by atoms with Crippen molar-refractivity contribution >= 4 is 5.91 Å². The Morgan fingerprint density at radius 1 is 1.50 bits per heavy atom. The Balaban J connectivity index is 1.92. The summed E-state index contributed by atoms with van der Waals surface area (Å²) in [6.45, 7) is 3.41. The third-order valence-electron chi connectivity index (χ3n) is 3.29. The lowest BCUT2D eigenvalue weighted by Gasteiger charge is -2.23. The summed E-state index contributed by atoms with van der Waals surface area (Å²) in [5.41, 5.74) is 1.02. The van der Waals surface area contributed by atoms with Gasteiger partial charge in [0, 0.05) is 12.6 Å². The van der Waals surface area contributed by atoms with Crippen LogP contribution in [0.3, 0.4) is 0 Å². The van der Waals surface area contributed by atoms with Crippen molar-refractivity contribution in [2.45, 2.75) is 32.2 Å². The van der Waals surface area contributed by atoms with E-state index in [0.29, 0.717) is 12.6 Å². The van der Waals surface area contributed by atoms with Gasteiger partial charge < -0.3 is 10.6 Å². The normalized spacial score (nSPS) is 19.6. The second-order valence-electron chi connectivity index (χ2n) is 4.84. The molecule has 0 aliphatic carbocycles. The highest BCUT2D eigenvalue weighted by atomic mass is 19.1. The molecule has 1 atom stereocenters. The van der Waals surface area contributed by atoms with Crippen LogP contribution in [0, 0.1) is 12.7 Å². The molecule has 1 fully saturated rings. The summed E-state index contributed by atoms with van der Waals surface area (Å²) >= 11 is 0. The molecule has 0 saturated carbocycles. The standard InChI is InChI=1S/C14H19FN2O/c1-10-5-6-13(15)12(8-10)14(18)17-9-11-4-2-3-7-16-11/h5-6,8,11,16H,2-4,7,9H2,1H3,(H,17,18). The van der Waals surface area contributed by atoms with Crippen molar-refractivity contribution in [3.63, 3.8) is 0 Å². The van der Waals surface area contributed by atoms with Crippen molar-refractivity contribution in [3.8, 4) is 0 Å². The van der Waals surface area contributed by atoms with E-state index in [1.54, 1.807) is 12.1 Å². The van der Waals surface area contributed by atoms with Gasteiger partial charge in [0.25, 0.3) is 5.91 Å². The average Bonchev–Trinajstić information content (AvgIpc) is 2.40. The molecule has 0 aromatic heterocycles. The third-order valence-corrected chi connectivity index (χ3v) is 3.29. The van der Waals surface area contributed by atoms with Crippen LogP contribution in [0.5, 0.6) is 0 Å². The van der Waals surface area contributed by atoms with Crippen LogP contribution >= 0.6 is 0 Å². The Labute approximate surface area is 107 Å². The van der Waals surface area contributed by atoms with Crippen LogP contribution < -0.4 is 10.6 Å². The molecule has 0 radical (unpaired) electrons. The first kappa shape index (κ1) is 13.0. The summed E-state index contributed by atoms with van der Waals surface area (Å²) in [5, 5.41) is 6.14. The zero-order chi connectivity index (χ0) is 13.0. The molecule has 1 amide bonds. The zero-order valence-corrected chi connectivity index (χ0v) is 10.6. The highest BCUT2D eigenvalue weighted by Gasteiger charge is 2.16. The maximum Gasteiger partial charge on any atom is 0.254 e. The highest BCUT2D eigenvalue weighted by Crippen LogP contribution is 2.10. The van der Waals surface area contributed by atoms with E-state index in [4.69, 9.17) is 0 Å². The molecule has 1 aliphatic heterocycles. The summed E-state index contributed by atoms with van der Waals surface area (Å²) in [4.78, 5) is 11.9. The number of carbonyl (C=O) groups is 1. The first-order valence-corrected chi connectivity index (χ1v) is 6.44. The Hall–Kier alpha value is -1.42. The fraction of sp³-hybridized carbons (Fsp3) is 0.500. The van der Waals surface area contributed by atoms with Crippen LogP contribution in [0.1, 0.15) is 35.2 Å². The molecule has 1 heterocycles. The number of benzene rings is 1. The molecule has 18 heavy (non-hydrogen) atoms. The molecule has 1 unspecified atom stereocenters. The summed E-state index contributed by atoms with van der Waals surface area (Å²) in [6, 6.07) is 4.90. The van der Waals surface area contributed by atoms with Gasteiger partial charge in [-0.2, -0.15) is 0 Å². The van der Waals surface area contributed by atoms with Crippen molar-refractivity contribution in [2.75, 3.05) is 13.1 Å². The minimum Gasteiger partial charge on any atom is -0.350 e. The lowest BCUT2D eigenvalue weighted by molar-refractivity contribution is 0.0943. The molecule has 98 valence electrons. The van der Waals surface area contributed by atoms with Gasteiger partial charge in [-0.05, 0) is 38.4 Å². The van der Waals surface area contributed by atoms with Gasteiger partial charge in [0.15, 0.2) is 0 Å². The van der Waals surface area contributed by atoms with E-state index in [-0.39, 0.29) is 11.5 Å². The van der Waals surface area contributed by atoms with Gasteiger partial charge in [-0.15, -0.1) is 0 Å². The Morgan fingerprint density at radius 3 is 3.06 bits per heavy atom. The second kappa shape index (κ2) is 5.96. The van der Waals surface area contributed by atoms with Crippen molar-refractivity contribution in [1.82, 2.24) is 10.6 Å². The Morgan fingerprint density at radius 2 is 2.33 bits per heavy atom. The first-order chi connectivity index (χ1) is 8.66. The number of rotatable bonds is 3. The van der Waals surface area contributed by atoms with E-state index in [9.17, 15) is 9.18 Å². The van der Waals surface area contributed by atoms with Crippen LogP contribution in [0.15, 0.2) is 18.2 Å². The van der Waals surface area contributed by atoms with Crippen molar-refractivity contribution in [3.05, 3.63) is 35.1 Å². The molecule has 0 bridgehead atoms. The lowest BCUT2D eigenvalue weighted by atomic mass is 10.0. The fourth-order valence-corrected chi connectivity index (χ4v) is 2.22. The molecular formula is C14H19FN2O. The van der Waals surface area contributed by atoms with E-state index in [0.717, 1.165) is 18.5 Å². The summed E-state index contributed by atoms with van der Waals surface area (Å²) < 4.78 is 13.5. The van der Waals surface area contributed by atoms with Crippen molar-refractivity contribution < 1.29 is 9.18 Å². The largest absolute Gasteiger partial charge is 0.350 e. The van der Waals surface area contributed by atoms with Crippen LogP contribution in [0.2, 0.25) is 0 Å². The maximum atomic E-state index is 13.5. The predicted molar refractivity (Wildman–Crippen MR) is 69.1 cm³/mol. The minimum absolute atomic E-state index is 0.130. The fourth-order valence-electron chi connectivity index (χ4n) is 2.22. The van der Waals surface area contributed by atoms with E-state index < -0.39 is 5.82 Å². The lowest BCUT2D eigenvalue weighted by Crippen LogP contribution is -2.43. The SMILES string of the molecule is Cc1ccc(F)c(C(=O)NCC2CCCCN2)c1. The van der Waals surface area contributed by atoms with Gasteiger partial charge >= 0.3 is 0 Å². The molecule has 1 aliphatic rings.